The third-order valence-electron chi connectivity index (χ3n) is 6.30. The molecule has 1 amide bonds. The second-order valence-corrected chi connectivity index (χ2v) is 10.1. The van der Waals surface area contributed by atoms with Crippen LogP contribution in [-0.2, 0) is 23.0 Å². The van der Waals surface area contributed by atoms with Crippen molar-refractivity contribution in [2.24, 2.45) is 0 Å². The van der Waals surface area contributed by atoms with Gasteiger partial charge < -0.3 is 9.88 Å². The monoisotopic (exact) mass is 484 g/mol. The Labute approximate surface area is 197 Å². The van der Waals surface area contributed by atoms with Crippen LogP contribution in [0.1, 0.15) is 43.1 Å². The van der Waals surface area contributed by atoms with Crippen LogP contribution >= 0.6 is 0 Å². The molecule has 2 aromatic carbocycles. The number of fused-ring (bicyclic) bond motifs is 2. The van der Waals surface area contributed by atoms with E-state index in [1.165, 1.54) is 10.4 Å². The van der Waals surface area contributed by atoms with Crippen LogP contribution < -0.4 is 16.1 Å². The lowest BCUT2D eigenvalue weighted by atomic mass is 10.0. The average Bonchev–Trinajstić information content (AvgIpc) is 2.83. The van der Waals surface area contributed by atoms with Crippen LogP contribution in [0.15, 0.2) is 50.9 Å². The quantitative estimate of drug-likeness (QED) is 0.577. The number of amides is 1. The van der Waals surface area contributed by atoms with Gasteiger partial charge in [0.15, 0.2) is 0 Å². The standard InChI is InChI=1S/C24H28N4O5S/c1-4-26(5-2)34(32,33)18-10-12-21-16(14-18)8-7-13-28(21)22(29)17-9-11-19-20(15-17)25-24(31)27(6-3)23(19)30/h9-12,14-15H,4-8,13H2,1-3H3,(H,25,31). The molecule has 0 unspecified atom stereocenters. The lowest BCUT2D eigenvalue weighted by Gasteiger charge is -2.30. The Kier molecular flexibility index (Phi) is 6.46. The number of rotatable bonds is 6. The highest BCUT2D eigenvalue weighted by Gasteiger charge is 2.27. The van der Waals surface area contributed by atoms with E-state index in [-0.39, 0.29) is 17.3 Å². The van der Waals surface area contributed by atoms with Gasteiger partial charge in [0.1, 0.15) is 0 Å². The molecule has 0 atom stereocenters. The van der Waals surface area contributed by atoms with E-state index in [2.05, 4.69) is 4.98 Å². The van der Waals surface area contributed by atoms with Crippen molar-refractivity contribution in [2.45, 2.75) is 45.1 Å². The summed E-state index contributed by atoms with van der Waals surface area (Å²) in [5.41, 5.74) is 1.20. The number of hydrogen-bond donors (Lipinski definition) is 1. The smallest absolute Gasteiger partial charge is 0.308 e. The van der Waals surface area contributed by atoms with E-state index in [9.17, 15) is 22.8 Å². The van der Waals surface area contributed by atoms with Gasteiger partial charge in [0, 0.05) is 37.4 Å². The van der Waals surface area contributed by atoms with E-state index >= 15 is 0 Å². The molecule has 1 aliphatic heterocycles. The molecule has 0 fully saturated rings. The predicted octanol–water partition coefficient (Wildman–Crippen LogP) is 2.33. The summed E-state index contributed by atoms with van der Waals surface area (Å²) < 4.78 is 28.4. The molecule has 4 rings (SSSR count). The number of aryl methyl sites for hydroxylation is 1. The first kappa shape index (κ1) is 23.9. The van der Waals surface area contributed by atoms with Gasteiger partial charge in [0.05, 0.1) is 15.8 Å². The number of hydrogen-bond acceptors (Lipinski definition) is 5. The molecule has 1 aliphatic rings. The summed E-state index contributed by atoms with van der Waals surface area (Å²) in [4.78, 5) is 42.7. The lowest BCUT2D eigenvalue weighted by Crippen LogP contribution is -2.36. The van der Waals surface area contributed by atoms with Gasteiger partial charge in [0.2, 0.25) is 10.0 Å². The summed E-state index contributed by atoms with van der Waals surface area (Å²) in [6.07, 6.45) is 1.36. The van der Waals surface area contributed by atoms with Crippen molar-refractivity contribution in [2.75, 3.05) is 24.5 Å². The number of sulfonamides is 1. The molecular weight excluding hydrogens is 456 g/mol. The molecule has 0 aliphatic carbocycles. The zero-order valence-corrected chi connectivity index (χ0v) is 20.3. The minimum absolute atomic E-state index is 0.222. The number of anilines is 1. The van der Waals surface area contributed by atoms with Crippen LogP contribution in [0, 0.1) is 0 Å². The fraction of sp³-hybridized carbons (Fsp3) is 0.375. The maximum absolute atomic E-state index is 13.4. The van der Waals surface area contributed by atoms with Crippen molar-refractivity contribution in [1.82, 2.24) is 13.9 Å². The molecule has 2 heterocycles. The zero-order valence-electron chi connectivity index (χ0n) is 19.5. The van der Waals surface area contributed by atoms with Crippen molar-refractivity contribution in [3.8, 4) is 0 Å². The van der Waals surface area contributed by atoms with Gasteiger partial charge in [0.25, 0.3) is 11.5 Å². The van der Waals surface area contributed by atoms with Gasteiger partial charge in [-0.2, -0.15) is 4.31 Å². The van der Waals surface area contributed by atoms with Crippen molar-refractivity contribution in [1.29, 1.82) is 0 Å². The van der Waals surface area contributed by atoms with E-state index in [1.807, 2.05) is 0 Å². The minimum Gasteiger partial charge on any atom is -0.308 e. The Morgan fingerprint density at radius 1 is 1.06 bits per heavy atom. The molecule has 1 N–H and O–H groups in total. The first-order chi connectivity index (χ1) is 16.2. The number of carbonyl (C=O) groups is 1. The van der Waals surface area contributed by atoms with Crippen molar-refractivity contribution < 1.29 is 13.2 Å². The summed E-state index contributed by atoms with van der Waals surface area (Å²) in [7, 11) is -3.60. The first-order valence-corrected chi connectivity index (χ1v) is 12.9. The van der Waals surface area contributed by atoms with E-state index in [1.54, 1.807) is 56.0 Å². The van der Waals surface area contributed by atoms with Gasteiger partial charge in [-0.3, -0.25) is 14.2 Å². The van der Waals surface area contributed by atoms with E-state index < -0.39 is 21.3 Å². The van der Waals surface area contributed by atoms with Gasteiger partial charge in [-0.05, 0) is 61.7 Å². The number of nitrogens with one attached hydrogen (secondary N) is 1. The van der Waals surface area contributed by atoms with Gasteiger partial charge >= 0.3 is 5.69 Å². The minimum atomic E-state index is -3.60. The largest absolute Gasteiger partial charge is 0.328 e. The topological polar surface area (TPSA) is 113 Å². The summed E-state index contributed by atoms with van der Waals surface area (Å²) in [6, 6.07) is 9.55. The molecule has 0 saturated carbocycles. The third kappa shape index (κ3) is 3.97. The molecule has 3 aromatic rings. The van der Waals surface area contributed by atoms with Crippen LogP contribution in [0.5, 0.6) is 0 Å². The fourth-order valence-electron chi connectivity index (χ4n) is 4.49. The number of aromatic nitrogens is 2. The highest BCUT2D eigenvalue weighted by Crippen LogP contribution is 2.31. The number of H-pyrrole nitrogens is 1. The molecule has 180 valence electrons. The second-order valence-electron chi connectivity index (χ2n) is 8.18. The summed E-state index contributed by atoms with van der Waals surface area (Å²) in [5.74, 6) is -0.275. The Morgan fingerprint density at radius 2 is 1.79 bits per heavy atom. The van der Waals surface area contributed by atoms with E-state index in [0.29, 0.717) is 54.6 Å². The van der Waals surface area contributed by atoms with Crippen molar-refractivity contribution >= 4 is 32.5 Å². The third-order valence-corrected chi connectivity index (χ3v) is 8.35. The van der Waals surface area contributed by atoms with Gasteiger partial charge in [-0.1, -0.05) is 13.8 Å². The molecule has 1 aromatic heterocycles. The lowest BCUT2D eigenvalue weighted by molar-refractivity contribution is 0.0985. The number of benzene rings is 2. The number of aromatic amines is 1. The maximum Gasteiger partial charge on any atom is 0.328 e. The van der Waals surface area contributed by atoms with Crippen LogP contribution in [0.3, 0.4) is 0 Å². The molecule has 9 nitrogen and oxygen atoms in total. The molecule has 0 spiro atoms. The predicted molar refractivity (Wildman–Crippen MR) is 131 cm³/mol. The SMILES string of the molecule is CCN(CC)S(=O)(=O)c1ccc2c(c1)CCCN2C(=O)c1ccc2c(=O)n(CC)c(=O)[nH]c2c1. The zero-order chi connectivity index (χ0) is 24.6. The second kappa shape index (κ2) is 9.19. The Morgan fingerprint density at radius 3 is 2.47 bits per heavy atom. The highest BCUT2D eigenvalue weighted by molar-refractivity contribution is 7.89. The maximum atomic E-state index is 13.4. The normalized spacial score (nSPS) is 13.9. The first-order valence-electron chi connectivity index (χ1n) is 11.4. The summed E-state index contributed by atoms with van der Waals surface area (Å²) >= 11 is 0. The summed E-state index contributed by atoms with van der Waals surface area (Å²) in [5, 5.41) is 0.336. The van der Waals surface area contributed by atoms with Crippen LogP contribution in [0.4, 0.5) is 5.69 Å². The van der Waals surface area contributed by atoms with Crippen molar-refractivity contribution in [3.05, 3.63) is 68.4 Å². The molecule has 0 saturated heterocycles. The molecular formula is C24H28N4O5S. The Balaban J connectivity index is 1.72. The summed E-state index contributed by atoms with van der Waals surface area (Å²) in [6.45, 7) is 6.82. The average molecular weight is 485 g/mol. The Bertz CT molecular complexity index is 1490. The van der Waals surface area contributed by atoms with Gasteiger partial charge in [-0.25, -0.2) is 13.2 Å². The van der Waals surface area contributed by atoms with Crippen LogP contribution in [-0.4, -0.2) is 47.8 Å². The molecule has 10 heteroatoms. The molecule has 0 bridgehead atoms. The number of nitrogens with zero attached hydrogens (tertiary/aromatic N) is 3. The highest BCUT2D eigenvalue weighted by atomic mass is 32.2. The van der Waals surface area contributed by atoms with Crippen LogP contribution in [0.25, 0.3) is 10.9 Å². The van der Waals surface area contributed by atoms with Gasteiger partial charge in [-0.15, -0.1) is 0 Å². The molecule has 0 radical (unpaired) electrons. The fourth-order valence-corrected chi connectivity index (χ4v) is 6.00. The van der Waals surface area contributed by atoms with E-state index in [0.717, 1.165) is 10.1 Å². The Hall–Kier alpha value is -3.24. The van der Waals surface area contributed by atoms with Crippen molar-refractivity contribution in [3.63, 3.8) is 0 Å². The number of carbonyl (C=O) groups excluding carboxylic acids is 1. The van der Waals surface area contributed by atoms with Crippen LogP contribution in [0.2, 0.25) is 0 Å². The van der Waals surface area contributed by atoms with E-state index in [4.69, 9.17) is 0 Å². The molecule has 34 heavy (non-hydrogen) atoms.